The Morgan fingerprint density at radius 2 is 2.00 bits per heavy atom. The van der Waals surface area contributed by atoms with E-state index < -0.39 is 6.04 Å². The van der Waals surface area contributed by atoms with Gasteiger partial charge in [-0.1, -0.05) is 30.3 Å². The van der Waals surface area contributed by atoms with Gasteiger partial charge in [-0.05, 0) is 29.5 Å². The normalized spacial score (nSPS) is 23.0. The highest BCUT2D eigenvalue weighted by atomic mass is 16.5. The molecule has 1 aliphatic heterocycles. The lowest BCUT2D eigenvalue weighted by molar-refractivity contribution is -0.123. The van der Waals surface area contributed by atoms with Gasteiger partial charge in [-0.2, -0.15) is 0 Å². The monoisotopic (exact) mass is 382 g/mol. The number of hydrogen-bond donors (Lipinski definition) is 2. The second kappa shape index (κ2) is 8.71. The summed E-state index contributed by atoms with van der Waals surface area (Å²) >= 11 is 0. The number of hydrogen-bond acceptors (Lipinski definition) is 5. The van der Waals surface area contributed by atoms with E-state index in [9.17, 15) is 9.90 Å². The van der Waals surface area contributed by atoms with Crippen molar-refractivity contribution in [3.05, 3.63) is 59.8 Å². The Balaban J connectivity index is 1.33. The van der Waals surface area contributed by atoms with Gasteiger partial charge in [0.25, 0.3) is 0 Å². The van der Waals surface area contributed by atoms with Gasteiger partial charge in [0.05, 0.1) is 25.9 Å². The molecule has 2 heterocycles. The zero-order chi connectivity index (χ0) is 19.3. The molecule has 1 aromatic carbocycles. The third-order valence-electron chi connectivity index (χ3n) is 5.47. The molecule has 0 unspecified atom stereocenters. The van der Waals surface area contributed by atoms with E-state index in [1.807, 2.05) is 24.3 Å². The van der Waals surface area contributed by atoms with E-state index in [0.717, 1.165) is 24.8 Å². The summed E-state index contributed by atoms with van der Waals surface area (Å²) in [6, 6.07) is 13.3. The molecule has 0 bridgehead atoms. The number of nitrogens with zero attached hydrogens (tertiary/aromatic N) is 1. The Morgan fingerprint density at radius 1 is 1.21 bits per heavy atom. The summed E-state index contributed by atoms with van der Waals surface area (Å²) in [6.45, 7) is 1.26. The van der Waals surface area contributed by atoms with Gasteiger partial charge in [-0.3, -0.25) is 4.79 Å². The number of nitrogens with one attached hydrogen (secondary N) is 1. The molecule has 3 atom stereocenters. The fraction of sp³-hybridized carbons (Fsp3) is 0.455. The SMILES string of the molecule is O=C(N[C@@H](CO)c1ccc(OC2CCOCC2)nc1)[C@H]1C[C@@H]1c1ccccc1. The van der Waals surface area contributed by atoms with Crippen LogP contribution in [0.5, 0.6) is 5.88 Å². The first-order chi connectivity index (χ1) is 13.7. The maximum absolute atomic E-state index is 12.6. The minimum Gasteiger partial charge on any atom is -0.474 e. The molecule has 0 spiro atoms. The lowest BCUT2D eigenvalue weighted by atomic mass is 10.1. The number of carbonyl (C=O) groups excluding carboxylic acids is 1. The fourth-order valence-electron chi connectivity index (χ4n) is 3.70. The number of carbonyl (C=O) groups is 1. The van der Waals surface area contributed by atoms with Crippen LogP contribution in [0.3, 0.4) is 0 Å². The average molecular weight is 382 g/mol. The van der Waals surface area contributed by atoms with E-state index in [1.54, 1.807) is 12.3 Å². The molecule has 148 valence electrons. The van der Waals surface area contributed by atoms with Crippen LogP contribution in [-0.4, -0.2) is 41.9 Å². The number of pyridine rings is 1. The van der Waals surface area contributed by atoms with E-state index in [4.69, 9.17) is 9.47 Å². The van der Waals surface area contributed by atoms with Gasteiger partial charge in [0.15, 0.2) is 0 Å². The molecule has 1 saturated carbocycles. The number of aromatic nitrogens is 1. The van der Waals surface area contributed by atoms with Gasteiger partial charge in [0.2, 0.25) is 11.8 Å². The fourth-order valence-corrected chi connectivity index (χ4v) is 3.70. The standard InChI is InChI=1S/C22H26N2O4/c25-14-20(24-22(26)19-12-18(19)15-4-2-1-3-5-15)16-6-7-21(23-13-16)28-17-8-10-27-11-9-17/h1-7,13,17-20,25H,8-12,14H2,(H,24,26)/t18-,19+,20+/m1/s1. The number of aliphatic hydroxyl groups is 1. The van der Waals surface area contributed by atoms with Gasteiger partial charge in [-0.25, -0.2) is 4.98 Å². The van der Waals surface area contributed by atoms with Crippen molar-refractivity contribution in [3.63, 3.8) is 0 Å². The van der Waals surface area contributed by atoms with E-state index in [0.29, 0.717) is 19.1 Å². The van der Waals surface area contributed by atoms with Crippen LogP contribution in [-0.2, 0) is 9.53 Å². The summed E-state index contributed by atoms with van der Waals surface area (Å²) in [7, 11) is 0. The van der Waals surface area contributed by atoms with E-state index in [-0.39, 0.29) is 30.5 Å². The van der Waals surface area contributed by atoms with Crippen molar-refractivity contribution >= 4 is 5.91 Å². The number of rotatable bonds is 7. The summed E-state index contributed by atoms with van der Waals surface area (Å²) in [5, 5.41) is 12.7. The number of benzene rings is 1. The minimum absolute atomic E-state index is 0.0181. The van der Waals surface area contributed by atoms with Gasteiger partial charge in [0.1, 0.15) is 6.10 Å². The van der Waals surface area contributed by atoms with Crippen LogP contribution in [0.2, 0.25) is 0 Å². The molecular weight excluding hydrogens is 356 g/mol. The highest BCUT2D eigenvalue weighted by Gasteiger charge is 2.44. The maximum atomic E-state index is 12.6. The highest BCUT2D eigenvalue weighted by molar-refractivity contribution is 5.83. The first-order valence-corrected chi connectivity index (χ1v) is 9.91. The smallest absolute Gasteiger partial charge is 0.224 e. The van der Waals surface area contributed by atoms with Crippen molar-refractivity contribution in [2.45, 2.75) is 37.3 Å². The molecule has 0 radical (unpaired) electrons. The molecule has 2 aromatic rings. The maximum Gasteiger partial charge on any atom is 0.224 e. The summed E-state index contributed by atoms with van der Waals surface area (Å²) < 4.78 is 11.2. The van der Waals surface area contributed by atoms with Crippen molar-refractivity contribution in [1.29, 1.82) is 0 Å². The zero-order valence-corrected chi connectivity index (χ0v) is 15.8. The van der Waals surface area contributed by atoms with Gasteiger partial charge in [0, 0.05) is 31.0 Å². The van der Waals surface area contributed by atoms with Crippen molar-refractivity contribution in [2.75, 3.05) is 19.8 Å². The highest BCUT2D eigenvalue weighted by Crippen LogP contribution is 2.47. The van der Waals surface area contributed by atoms with Crippen molar-refractivity contribution in [3.8, 4) is 5.88 Å². The van der Waals surface area contributed by atoms with Crippen LogP contribution >= 0.6 is 0 Å². The summed E-state index contributed by atoms with van der Waals surface area (Å²) in [4.78, 5) is 16.9. The van der Waals surface area contributed by atoms with E-state index >= 15 is 0 Å². The molecule has 2 aliphatic rings. The first kappa shape index (κ1) is 18.9. The Labute approximate surface area is 164 Å². The average Bonchev–Trinajstić information content (AvgIpc) is 3.55. The van der Waals surface area contributed by atoms with E-state index in [2.05, 4.69) is 22.4 Å². The Bertz CT molecular complexity index is 775. The Morgan fingerprint density at radius 3 is 2.68 bits per heavy atom. The lowest BCUT2D eigenvalue weighted by Crippen LogP contribution is -2.32. The third kappa shape index (κ3) is 4.51. The third-order valence-corrected chi connectivity index (χ3v) is 5.47. The molecular formula is C22H26N2O4. The summed E-state index contributed by atoms with van der Waals surface area (Å²) in [5.74, 6) is 0.787. The summed E-state index contributed by atoms with van der Waals surface area (Å²) in [6.07, 6.45) is 4.37. The zero-order valence-electron chi connectivity index (χ0n) is 15.8. The number of amides is 1. The van der Waals surface area contributed by atoms with Crippen LogP contribution in [0.1, 0.15) is 42.3 Å². The van der Waals surface area contributed by atoms with Crippen molar-refractivity contribution in [1.82, 2.24) is 10.3 Å². The molecule has 4 rings (SSSR count). The van der Waals surface area contributed by atoms with Gasteiger partial charge in [-0.15, -0.1) is 0 Å². The first-order valence-electron chi connectivity index (χ1n) is 9.91. The van der Waals surface area contributed by atoms with Crippen LogP contribution < -0.4 is 10.1 Å². The van der Waals surface area contributed by atoms with Crippen LogP contribution in [0, 0.1) is 5.92 Å². The largest absolute Gasteiger partial charge is 0.474 e. The second-order valence-corrected chi connectivity index (χ2v) is 7.46. The molecule has 28 heavy (non-hydrogen) atoms. The molecule has 1 amide bonds. The molecule has 6 heteroatoms. The van der Waals surface area contributed by atoms with Gasteiger partial charge >= 0.3 is 0 Å². The van der Waals surface area contributed by atoms with Crippen LogP contribution in [0.15, 0.2) is 48.7 Å². The minimum atomic E-state index is -0.464. The predicted octanol–water partition coefficient (Wildman–Crippen LogP) is 2.59. The van der Waals surface area contributed by atoms with Gasteiger partial charge < -0.3 is 19.9 Å². The van der Waals surface area contributed by atoms with Crippen molar-refractivity contribution in [2.24, 2.45) is 5.92 Å². The molecule has 1 aliphatic carbocycles. The second-order valence-electron chi connectivity index (χ2n) is 7.46. The molecule has 1 saturated heterocycles. The molecule has 1 aromatic heterocycles. The van der Waals surface area contributed by atoms with E-state index in [1.165, 1.54) is 5.56 Å². The lowest BCUT2D eigenvalue weighted by Gasteiger charge is -2.23. The number of aliphatic hydroxyl groups excluding tert-OH is 1. The Hall–Kier alpha value is -2.44. The van der Waals surface area contributed by atoms with Crippen LogP contribution in [0.25, 0.3) is 0 Å². The molecule has 2 N–H and O–H groups in total. The van der Waals surface area contributed by atoms with Crippen molar-refractivity contribution < 1.29 is 19.4 Å². The topological polar surface area (TPSA) is 80.7 Å². The summed E-state index contributed by atoms with van der Waals surface area (Å²) in [5.41, 5.74) is 1.96. The quantitative estimate of drug-likeness (QED) is 0.769. The number of ether oxygens (including phenoxy) is 2. The molecule has 6 nitrogen and oxygen atoms in total. The van der Waals surface area contributed by atoms with Crippen LogP contribution in [0.4, 0.5) is 0 Å². The Kier molecular flexibility index (Phi) is 5.88. The molecule has 2 fully saturated rings. The predicted molar refractivity (Wildman–Crippen MR) is 104 cm³/mol.